The number of benzene rings is 2. The van der Waals surface area contributed by atoms with Gasteiger partial charge < -0.3 is 10.1 Å². The van der Waals surface area contributed by atoms with E-state index in [1.807, 2.05) is 48.5 Å². The molecule has 3 nitrogen and oxygen atoms in total. The van der Waals surface area contributed by atoms with Gasteiger partial charge in [0, 0.05) is 34.5 Å². The van der Waals surface area contributed by atoms with E-state index in [9.17, 15) is 4.21 Å². The van der Waals surface area contributed by atoms with Gasteiger partial charge in [0.2, 0.25) is 0 Å². The van der Waals surface area contributed by atoms with E-state index >= 15 is 0 Å². The first kappa shape index (κ1) is 16.7. The second-order valence-corrected chi connectivity index (χ2v) is 6.88. The summed E-state index contributed by atoms with van der Waals surface area (Å²) in [5.41, 5.74) is 2.41. The van der Waals surface area contributed by atoms with Gasteiger partial charge in [0.15, 0.2) is 0 Å². The van der Waals surface area contributed by atoms with Gasteiger partial charge >= 0.3 is 0 Å². The van der Waals surface area contributed by atoms with E-state index in [4.69, 9.17) is 4.74 Å². The Bertz CT molecular complexity index is 608. The van der Waals surface area contributed by atoms with Crippen LogP contribution in [0.15, 0.2) is 53.4 Å². The minimum atomic E-state index is -0.916. The van der Waals surface area contributed by atoms with Crippen LogP contribution in [0, 0.1) is 6.92 Å². The van der Waals surface area contributed by atoms with Gasteiger partial charge in [0.1, 0.15) is 12.4 Å². The molecule has 118 valence electrons. The predicted molar refractivity (Wildman–Crippen MR) is 91.8 cm³/mol. The zero-order chi connectivity index (χ0) is 15.9. The van der Waals surface area contributed by atoms with Crippen molar-refractivity contribution in [2.75, 3.05) is 12.9 Å². The van der Waals surface area contributed by atoms with Crippen molar-refractivity contribution in [3.05, 3.63) is 59.7 Å². The molecule has 0 aromatic heterocycles. The van der Waals surface area contributed by atoms with Gasteiger partial charge in [-0.3, -0.25) is 4.21 Å². The molecule has 2 aromatic carbocycles. The van der Waals surface area contributed by atoms with Gasteiger partial charge in [-0.25, -0.2) is 0 Å². The van der Waals surface area contributed by atoms with Crippen molar-refractivity contribution in [1.82, 2.24) is 5.32 Å². The summed E-state index contributed by atoms with van der Waals surface area (Å²) in [6.45, 7) is 5.56. The fourth-order valence-corrected chi connectivity index (χ4v) is 2.53. The van der Waals surface area contributed by atoms with Crippen LogP contribution in [0.4, 0.5) is 0 Å². The van der Waals surface area contributed by atoms with Crippen LogP contribution in [0.3, 0.4) is 0 Å². The molecule has 0 aliphatic heterocycles. The molecule has 0 aliphatic carbocycles. The molecule has 4 heteroatoms. The van der Waals surface area contributed by atoms with Crippen molar-refractivity contribution in [1.29, 1.82) is 0 Å². The molecule has 22 heavy (non-hydrogen) atoms. The molecular formula is C18H23NO2S. The molecule has 0 heterocycles. The largest absolute Gasteiger partial charge is 0.492 e. The van der Waals surface area contributed by atoms with Crippen LogP contribution >= 0.6 is 0 Å². The zero-order valence-corrected chi connectivity index (χ0v) is 14.2. The average molecular weight is 317 g/mol. The number of rotatable bonds is 7. The number of nitrogens with one attached hydrogen (secondary N) is 1. The fourth-order valence-electron chi connectivity index (χ4n) is 2.01. The second kappa shape index (κ2) is 8.11. The molecule has 2 aromatic rings. The summed E-state index contributed by atoms with van der Waals surface area (Å²) in [5, 5.41) is 3.43. The lowest BCUT2D eigenvalue weighted by Gasteiger charge is -2.15. The van der Waals surface area contributed by atoms with Crippen molar-refractivity contribution in [2.45, 2.75) is 31.3 Å². The molecule has 0 bridgehead atoms. The zero-order valence-electron chi connectivity index (χ0n) is 13.3. The van der Waals surface area contributed by atoms with E-state index in [2.05, 4.69) is 19.2 Å². The maximum Gasteiger partial charge on any atom is 0.119 e. The smallest absolute Gasteiger partial charge is 0.119 e. The highest BCUT2D eigenvalue weighted by Crippen LogP contribution is 2.12. The van der Waals surface area contributed by atoms with Gasteiger partial charge in [-0.15, -0.1) is 0 Å². The fraction of sp³-hybridized carbons (Fsp3) is 0.333. The summed E-state index contributed by atoms with van der Waals surface area (Å²) in [7, 11) is -0.916. The van der Waals surface area contributed by atoms with E-state index in [0.29, 0.717) is 6.61 Å². The monoisotopic (exact) mass is 317 g/mol. The average Bonchev–Trinajstić information content (AvgIpc) is 2.52. The molecule has 0 aliphatic rings. The number of ether oxygens (including phenoxy) is 1. The molecule has 2 rings (SSSR count). The maximum atomic E-state index is 11.3. The third-order valence-electron chi connectivity index (χ3n) is 3.43. The predicted octanol–water partition coefficient (Wildman–Crippen LogP) is 3.29. The second-order valence-electron chi connectivity index (χ2n) is 5.50. The first-order chi connectivity index (χ1) is 10.5. The van der Waals surface area contributed by atoms with Gasteiger partial charge in [-0.2, -0.15) is 0 Å². The topological polar surface area (TPSA) is 38.3 Å². The van der Waals surface area contributed by atoms with E-state index < -0.39 is 10.8 Å². The van der Waals surface area contributed by atoms with Crippen LogP contribution in [-0.2, 0) is 17.3 Å². The highest BCUT2D eigenvalue weighted by atomic mass is 32.2. The van der Waals surface area contributed by atoms with Crippen LogP contribution in [0.5, 0.6) is 5.75 Å². The van der Waals surface area contributed by atoms with Crippen LogP contribution in [0.2, 0.25) is 0 Å². The molecule has 0 saturated heterocycles. The lowest BCUT2D eigenvalue weighted by atomic mass is 10.2. The molecule has 0 amide bonds. The minimum absolute atomic E-state index is 0.251. The summed E-state index contributed by atoms with van der Waals surface area (Å²) in [6.07, 6.45) is 1.69. The summed E-state index contributed by atoms with van der Waals surface area (Å²) in [5.74, 6) is 0.897. The first-order valence-electron chi connectivity index (χ1n) is 7.40. The minimum Gasteiger partial charge on any atom is -0.492 e. The SMILES string of the molecule is Cc1ccc(OC[C@H](C)NCc2ccc([S@@](C)=O)cc2)cc1. The normalized spacial score (nSPS) is 13.6. The van der Waals surface area contributed by atoms with Crippen molar-refractivity contribution in [2.24, 2.45) is 0 Å². The Balaban J connectivity index is 1.76. The quantitative estimate of drug-likeness (QED) is 0.851. The van der Waals surface area contributed by atoms with Crippen molar-refractivity contribution in [3.8, 4) is 5.75 Å². The molecule has 0 fully saturated rings. The number of aryl methyl sites for hydroxylation is 1. The Kier molecular flexibility index (Phi) is 6.16. The number of hydrogen-bond donors (Lipinski definition) is 1. The molecule has 2 atom stereocenters. The van der Waals surface area contributed by atoms with Crippen molar-refractivity contribution >= 4 is 10.8 Å². The molecule has 0 unspecified atom stereocenters. The maximum absolute atomic E-state index is 11.3. The third-order valence-corrected chi connectivity index (χ3v) is 4.37. The number of hydrogen-bond acceptors (Lipinski definition) is 3. The summed E-state index contributed by atoms with van der Waals surface area (Å²) < 4.78 is 17.1. The highest BCUT2D eigenvalue weighted by molar-refractivity contribution is 7.84. The van der Waals surface area contributed by atoms with E-state index in [1.54, 1.807) is 6.26 Å². The van der Waals surface area contributed by atoms with Gasteiger partial charge in [-0.05, 0) is 43.7 Å². The van der Waals surface area contributed by atoms with E-state index in [0.717, 1.165) is 17.2 Å². The third kappa shape index (κ3) is 5.28. The summed E-state index contributed by atoms with van der Waals surface area (Å²) >= 11 is 0. The Morgan fingerprint density at radius 3 is 2.32 bits per heavy atom. The lowest BCUT2D eigenvalue weighted by molar-refractivity contribution is 0.272. The highest BCUT2D eigenvalue weighted by Gasteiger charge is 2.04. The van der Waals surface area contributed by atoms with Crippen LogP contribution in [0.1, 0.15) is 18.1 Å². The van der Waals surface area contributed by atoms with E-state index in [1.165, 1.54) is 11.1 Å². The molecule has 0 radical (unpaired) electrons. The van der Waals surface area contributed by atoms with Crippen LogP contribution in [0.25, 0.3) is 0 Å². The van der Waals surface area contributed by atoms with Crippen LogP contribution < -0.4 is 10.1 Å². The molecule has 1 N–H and O–H groups in total. The van der Waals surface area contributed by atoms with Crippen LogP contribution in [-0.4, -0.2) is 23.1 Å². The molecule has 0 spiro atoms. The molecule has 0 saturated carbocycles. The Morgan fingerprint density at radius 1 is 1.09 bits per heavy atom. The Labute approximate surface area is 135 Å². The summed E-state index contributed by atoms with van der Waals surface area (Å²) in [6, 6.07) is 16.2. The van der Waals surface area contributed by atoms with Gasteiger partial charge in [0.05, 0.1) is 0 Å². The standard InChI is InChI=1S/C18H23NO2S/c1-14-4-8-17(9-5-14)21-13-15(2)19-12-16-6-10-18(11-7-16)22(3)20/h4-11,15,19H,12-13H2,1-3H3/t15-,22+/m0/s1. The first-order valence-corrected chi connectivity index (χ1v) is 8.95. The molecular weight excluding hydrogens is 294 g/mol. The van der Waals surface area contributed by atoms with Crippen molar-refractivity contribution < 1.29 is 8.95 Å². The Hall–Kier alpha value is -1.65. The van der Waals surface area contributed by atoms with Gasteiger partial charge in [-0.1, -0.05) is 29.8 Å². The van der Waals surface area contributed by atoms with Crippen molar-refractivity contribution in [3.63, 3.8) is 0 Å². The van der Waals surface area contributed by atoms with Gasteiger partial charge in [0.25, 0.3) is 0 Å². The lowest BCUT2D eigenvalue weighted by Crippen LogP contribution is -2.31. The Morgan fingerprint density at radius 2 is 1.73 bits per heavy atom. The summed E-state index contributed by atoms with van der Waals surface area (Å²) in [4.78, 5) is 0.861. The van der Waals surface area contributed by atoms with E-state index in [-0.39, 0.29) is 6.04 Å².